The zero-order chi connectivity index (χ0) is 22.2. The number of amides is 2. The van der Waals surface area contributed by atoms with Crippen LogP contribution in [0, 0.1) is 0 Å². The molecule has 1 aliphatic rings. The van der Waals surface area contributed by atoms with Crippen LogP contribution in [0.1, 0.15) is 26.4 Å². The molecule has 7 heteroatoms. The van der Waals surface area contributed by atoms with Crippen LogP contribution in [0.4, 0.5) is 5.69 Å². The molecule has 1 aromatic heterocycles. The molecule has 1 saturated heterocycles. The normalized spacial score (nSPS) is 14.1. The fourth-order valence-corrected chi connectivity index (χ4v) is 3.69. The monoisotopic (exact) mass is 432 g/mol. The van der Waals surface area contributed by atoms with Crippen molar-refractivity contribution in [3.8, 4) is 0 Å². The third-order valence-electron chi connectivity index (χ3n) is 5.48. The van der Waals surface area contributed by atoms with Gasteiger partial charge in [-0.3, -0.25) is 14.5 Å². The summed E-state index contributed by atoms with van der Waals surface area (Å²) in [5.41, 5.74) is 2.92. The first-order valence-corrected chi connectivity index (χ1v) is 10.9. The van der Waals surface area contributed by atoms with Crippen molar-refractivity contribution in [2.75, 3.05) is 44.7 Å². The second-order valence-electron chi connectivity index (χ2n) is 7.75. The summed E-state index contributed by atoms with van der Waals surface area (Å²) in [7, 11) is 0. The predicted molar refractivity (Wildman–Crippen MR) is 124 cm³/mol. The number of carbonyl (C=O) groups excluding carboxylic acids is 2. The van der Waals surface area contributed by atoms with Gasteiger partial charge < -0.3 is 19.9 Å². The van der Waals surface area contributed by atoms with Gasteiger partial charge in [0, 0.05) is 50.2 Å². The van der Waals surface area contributed by atoms with Crippen LogP contribution in [0.15, 0.2) is 72.9 Å². The fourth-order valence-electron chi connectivity index (χ4n) is 3.69. The van der Waals surface area contributed by atoms with Crippen LogP contribution >= 0.6 is 0 Å². The Morgan fingerprint density at radius 2 is 1.62 bits per heavy atom. The minimum absolute atomic E-state index is 0.118. The van der Waals surface area contributed by atoms with Crippen LogP contribution in [0.3, 0.4) is 0 Å². The van der Waals surface area contributed by atoms with E-state index in [9.17, 15) is 9.59 Å². The summed E-state index contributed by atoms with van der Waals surface area (Å²) >= 11 is 0. The largest absolute Gasteiger partial charge is 0.379 e. The smallest absolute Gasteiger partial charge is 0.272 e. The number of nitrogens with one attached hydrogen (secondary N) is 2. The standard InChI is InChI=1S/C25H28N4O3/c30-24(26-12-14-28-15-17-32-18-16-28)21-8-10-22(11-9-21)27-25(31)23-7-4-13-29(23)19-20-5-2-1-3-6-20/h1-11,13H,12,14-19H2,(H,26,30)(H,27,31). The molecule has 4 rings (SSSR count). The maximum atomic E-state index is 12.8. The van der Waals surface area contributed by atoms with Gasteiger partial charge >= 0.3 is 0 Å². The minimum Gasteiger partial charge on any atom is -0.379 e. The van der Waals surface area contributed by atoms with Gasteiger partial charge in [-0.1, -0.05) is 30.3 Å². The van der Waals surface area contributed by atoms with Crippen LogP contribution in [-0.4, -0.2) is 60.7 Å². The van der Waals surface area contributed by atoms with Crippen LogP contribution in [0.5, 0.6) is 0 Å². The maximum absolute atomic E-state index is 12.8. The summed E-state index contributed by atoms with van der Waals surface area (Å²) in [6, 6.07) is 20.6. The van der Waals surface area contributed by atoms with Gasteiger partial charge in [-0.05, 0) is 42.0 Å². The first-order valence-electron chi connectivity index (χ1n) is 10.9. The molecule has 2 N–H and O–H groups in total. The molecular formula is C25H28N4O3. The van der Waals surface area contributed by atoms with E-state index >= 15 is 0 Å². The average Bonchev–Trinajstić information content (AvgIpc) is 3.29. The summed E-state index contributed by atoms with van der Waals surface area (Å²) in [6.45, 7) is 5.33. The highest BCUT2D eigenvalue weighted by Crippen LogP contribution is 2.13. The topological polar surface area (TPSA) is 75.6 Å². The minimum atomic E-state index is -0.186. The molecule has 1 fully saturated rings. The highest BCUT2D eigenvalue weighted by Gasteiger charge is 2.13. The van der Waals surface area contributed by atoms with Crippen molar-refractivity contribution in [2.45, 2.75) is 6.54 Å². The second kappa shape index (κ2) is 10.7. The third kappa shape index (κ3) is 5.84. The molecule has 2 amide bonds. The van der Waals surface area contributed by atoms with Gasteiger partial charge in [0.05, 0.1) is 13.2 Å². The lowest BCUT2D eigenvalue weighted by atomic mass is 10.2. The molecule has 0 unspecified atom stereocenters. The Balaban J connectivity index is 1.29. The molecule has 0 bridgehead atoms. The Labute approximate surface area is 188 Å². The number of morpholine rings is 1. The van der Waals surface area contributed by atoms with E-state index in [0.29, 0.717) is 30.0 Å². The zero-order valence-corrected chi connectivity index (χ0v) is 18.0. The lowest BCUT2D eigenvalue weighted by molar-refractivity contribution is 0.0383. The molecular weight excluding hydrogens is 404 g/mol. The maximum Gasteiger partial charge on any atom is 0.272 e. The summed E-state index contributed by atoms with van der Waals surface area (Å²) in [5, 5.41) is 5.86. The van der Waals surface area contributed by atoms with Gasteiger partial charge in [0.25, 0.3) is 11.8 Å². The van der Waals surface area contributed by atoms with Gasteiger partial charge in [0.1, 0.15) is 5.69 Å². The van der Waals surface area contributed by atoms with Crippen LogP contribution < -0.4 is 10.6 Å². The molecule has 0 atom stereocenters. The first-order chi connectivity index (χ1) is 15.7. The summed E-state index contributed by atoms with van der Waals surface area (Å²) < 4.78 is 7.25. The van der Waals surface area contributed by atoms with Crippen molar-refractivity contribution in [3.63, 3.8) is 0 Å². The van der Waals surface area contributed by atoms with Crippen molar-refractivity contribution < 1.29 is 14.3 Å². The van der Waals surface area contributed by atoms with Crippen molar-refractivity contribution in [1.82, 2.24) is 14.8 Å². The van der Waals surface area contributed by atoms with Gasteiger partial charge in [-0.25, -0.2) is 0 Å². The van der Waals surface area contributed by atoms with E-state index in [2.05, 4.69) is 15.5 Å². The van der Waals surface area contributed by atoms with E-state index in [1.807, 2.05) is 47.2 Å². The number of aromatic nitrogens is 1. The molecule has 3 aromatic rings. The number of rotatable bonds is 8. The zero-order valence-electron chi connectivity index (χ0n) is 18.0. The van der Waals surface area contributed by atoms with Gasteiger partial charge in [0.15, 0.2) is 0 Å². The summed E-state index contributed by atoms with van der Waals surface area (Å²) in [4.78, 5) is 27.4. The third-order valence-corrected chi connectivity index (χ3v) is 5.48. The molecule has 1 aliphatic heterocycles. The van der Waals surface area contributed by atoms with E-state index in [1.54, 1.807) is 30.3 Å². The molecule has 0 radical (unpaired) electrons. The Bertz CT molecular complexity index is 1020. The molecule has 166 valence electrons. The Morgan fingerprint density at radius 1 is 0.875 bits per heavy atom. The number of hydrogen-bond acceptors (Lipinski definition) is 4. The first kappa shape index (κ1) is 21.8. The molecule has 0 saturated carbocycles. The van der Waals surface area contributed by atoms with E-state index in [4.69, 9.17) is 4.74 Å². The highest BCUT2D eigenvalue weighted by molar-refractivity contribution is 6.03. The number of anilines is 1. The van der Waals surface area contributed by atoms with Crippen molar-refractivity contribution in [1.29, 1.82) is 0 Å². The van der Waals surface area contributed by atoms with Crippen molar-refractivity contribution >= 4 is 17.5 Å². The number of benzene rings is 2. The lowest BCUT2D eigenvalue weighted by Crippen LogP contribution is -2.41. The molecule has 0 spiro atoms. The van der Waals surface area contributed by atoms with Gasteiger partial charge in [0.2, 0.25) is 0 Å². The summed E-state index contributed by atoms with van der Waals surface area (Å²) in [5.74, 6) is -0.304. The average molecular weight is 433 g/mol. The van der Waals surface area contributed by atoms with E-state index in [0.717, 1.165) is 38.4 Å². The SMILES string of the molecule is O=C(NCCN1CCOCC1)c1ccc(NC(=O)c2cccn2Cc2ccccc2)cc1. The number of ether oxygens (including phenoxy) is 1. The molecule has 2 aromatic carbocycles. The Kier molecular flexibility index (Phi) is 7.32. The predicted octanol–water partition coefficient (Wildman–Crippen LogP) is 2.85. The number of nitrogens with zero attached hydrogens (tertiary/aromatic N) is 2. The Morgan fingerprint density at radius 3 is 2.38 bits per heavy atom. The van der Waals surface area contributed by atoms with Crippen LogP contribution in [0.2, 0.25) is 0 Å². The van der Waals surface area contributed by atoms with E-state index in [-0.39, 0.29) is 11.8 Å². The lowest BCUT2D eigenvalue weighted by Gasteiger charge is -2.26. The molecule has 0 aliphatic carbocycles. The van der Waals surface area contributed by atoms with E-state index < -0.39 is 0 Å². The van der Waals surface area contributed by atoms with E-state index in [1.165, 1.54) is 0 Å². The molecule has 2 heterocycles. The number of hydrogen-bond donors (Lipinski definition) is 2. The molecule has 32 heavy (non-hydrogen) atoms. The highest BCUT2D eigenvalue weighted by atomic mass is 16.5. The van der Waals surface area contributed by atoms with Crippen molar-refractivity contribution in [3.05, 3.63) is 89.7 Å². The van der Waals surface area contributed by atoms with Crippen molar-refractivity contribution in [2.24, 2.45) is 0 Å². The summed E-state index contributed by atoms with van der Waals surface area (Å²) in [6.07, 6.45) is 1.90. The van der Waals surface area contributed by atoms with Gasteiger partial charge in [-0.2, -0.15) is 0 Å². The number of carbonyl (C=O) groups is 2. The van der Waals surface area contributed by atoms with Crippen LogP contribution in [-0.2, 0) is 11.3 Å². The Hall–Kier alpha value is -3.42. The van der Waals surface area contributed by atoms with Crippen LogP contribution in [0.25, 0.3) is 0 Å². The molecule has 7 nitrogen and oxygen atoms in total. The van der Waals surface area contributed by atoms with Gasteiger partial charge in [-0.15, -0.1) is 0 Å². The quantitative estimate of drug-likeness (QED) is 0.574. The fraction of sp³-hybridized carbons (Fsp3) is 0.280. The second-order valence-corrected chi connectivity index (χ2v) is 7.75.